The molecule has 0 amide bonds. The van der Waals surface area contributed by atoms with Gasteiger partial charge in [-0.15, -0.1) is 0 Å². The summed E-state index contributed by atoms with van der Waals surface area (Å²) >= 11 is 0. The Kier molecular flexibility index (Phi) is 1.73. The van der Waals surface area contributed by atoms with Gasteiger partial charge in [0.2, 0.25) is 5.78 Å². The summed E-state index contributed by atoms with van der Waals surface area (Å²) in [5, 5.41) is 6.21. The Labute approximate surface area is 80.4 Å². The van der Waals surface area contributed by atoms with Gasteiger partial charge in [-0.25, -0.2) is 0 Å². The van der Waals surface area contributed by atoms with Crippen LogP contribution in [0.2, 0.25) is 0 Å². The van der Waals surface area contributed by atoms with Crippen LogP contribution in [0.5, 0.6) is 0 Å². The Hall–Kier alpha value is -1.91. The second-order valence-electron chi connectivity index (χ2n) is 3.28. The van der Waals surface area contributed by atoms with Crippen LogP contribution < -0.4 is 0 Å². The second-order valence-corrected chi connectivity index (χ2v) is 3.28. The largest absolute Gasteiger partial charge is 0.374 e. The summed E-state index contributed by atoms with van der Waals surface area (Å²) in [6, 6.07) is 0. The van der Waals surface area contributed by atoms with Crippen molar-refractivity contribution in [2.75, 3.05) is 14.1 Å². The summed E-state index contributed by atoms with van der Waals surface area (Å²) in [7, 11) is 3.44. The third-order valence-electron chi connectivity index (χ3n) is 2.11. The number of nitrogens with one attached hydrogen (secondary N) is 1. The minimum atomic E-state index is -0.192. The molecule has 2 rings (SSSR count). The average Bonchev–Trinajstić information content (AvgIpc) is 2.59. The molecule has 1 aromatic heterocycles. The molecule has 14 heavy (non-hydrogen) atoms. The quantitative estimate of drug-likeness (QED) is 0.690. The van der Waals surface area contributed by atoms with E-state index in [0.29, 0.717) is 11.3 Å². The minimum Gasteiger partial charge on any atom is -0.374 e. The maximum atomic E-state index is 11.7. The first kappa shape index (κ1) is 8.68. The zero-order valence-corrected chi connectivity index (χ0v) is 7.87. The Morgan fingerprint density at radius 2 is 2.07 bits per heavy atom. The number of likely N-dealkylation sites (N-methyl/N-ethyl adjacent to an activating group) is 1. The van der Waals surface area contributed by atoms with Crippen LogP contribution in [0.15, 0.2) is 18.0 Å². The van der Waals surface area contributed by atoms with Gasteiger partial charge in [-0.3, -0.25) is 14.7 Å². The minimum absolute atomic E-state index is 0.183. The normalized spacial score (nSPS) is 15.1. The number of rotatable bonds is 1. The summed E-state index contributed by atoms with van der Waals surface area (Å²) in [5.74, 6) is -0.376. The van der Waals surface area contributed by atoms with Gasteiger partial charge in [0.25, 0.3) is 0 Å². The summed E-state index contributed by atoms with van der Waals surface area (Å²) in [6.45, 7) is 0. The van der Waals surface area contributed by atoms with Crippen LogP contribution in [0.25, 0.3) is 0 Å². The van der Waals surface area contributed by atoms with E-state index in [-0.39, 0.29) is 17.3 Å². The molecular formula is C9H9N3O2. The fourth-order valence-electron chi connectivity index (χ4n) is 1.37. The van der Waals surface area contributed by atoms with E-state index in [1.54, 1.807) is 19.0 Å². The lowest BCUT2D eigenvalue weighted by molar-refractivity contribution is 0.0959. The first-order chi connectivity index (χ1) is 6.61. The van der Waals surface area contributed by atoms with Crippen LogP contribution in [0.1, 0.15) is 20.8 Å². The lowest BCUT2D eigenvalue weighted by atomic mass is 9.99. The summed E-state index contributed by atoms with van der Waals surface area (Å²) < 4.78 is 0. The van der Waals surface area contributed by atoms with E-state index < -0.39 is 0 Å². The van der Waals surface area contributed by atoms with Crippen LogP contribution in [0.4, 0.5) is 0 Å². The first-order valence-corrected chi connectivity index (χ1v) is 4.12. The number of hydrogen-bond donors (Lipinski definition) is 1. The van der Waals surface area contributed by atoms with Crippen molar-refractivity contribution in [1.82, 2.24) is 15.1 Å². The van der Waals surface area contributed by atoms with Crippen LogP contribution in [0.3, 0.4) is 0 Å². The van der Waals surface area contributed by atoms with Crippen molar-refractivity contribution < 1.29 is 9.59 Å². The zero-order valence-electron chi connectivity index (χ0n) is 7.87. The molecule has 0 saturated carbocycles. The van der Waals surface area contributed by atoms with Gasteiger partial charge < -0.3 is 4.90 Å². The van der Waals surface area contributed by atoms with Crippen LogP contribution in [-0.4, -0.2) is 40.8 Å². The van der Waals surface area contributed by atoms with E-state index in [1.165, 1.54) is 12.3 Å². The van der Waals surface area contributed by atoms with Gasteiger partial charge in [0.05, 0.1) is 17.5 Å². The van der Waals surface area contributed by atoms with Crippen LogP contribution in [-0.2, 0) is 0 Å². The lowest BCUT2D eigenvalue weighted by Gasteiger charge is -2.18. The number of hydrogen-bond acceptors (Lipinski definition) is 4. The van der Waals surface area contributed by atoms with Crippen molar-refractivity contribution in [2.24, 2.45) is 0 Å². The number of aromatic nitrogens is 2. The highest BCUT2D eigenvalue weighted by molar-refractivity contribution is 6.23. The monoisotopic (exact) mass is 191 g/mol. The van der Waals surface area contributed by atoms with Gasteiger partial charge in [-0.2, -0.15) is 5.10 Å². The predicted molar refractivity (Wildman–Crippen MR) is 49.0 cm³/mol. The van der Waals surface area contributed by atoms with Gasteiger partial charge in [0, 0.05) is 20.2 Å². The van der Waals surface area contributed by atoms with Crippen molar-refractivity contribution in [3.8, 4) is 0 Å². The number of nitrogens with zero attached hydrogens (tertiary/aromatic N) is 2. The van der Waals surface area contributed by atoms with Crippen molar-refractivity contribution in [1.29, 1.82) is 0 Å². The van der Waals surface area contributed by atoms with Crippen molar-refractivity contribution in [3.63, 3.8) is 0 Å². The molecule has 0 radical (unpaired) electrons. The number of ketones is 2. The molecule has 0 spiro atoms. The van der Waals surface area contributed by atoms with E-state index in [9.17, 15) is 9.59 Å². The fourth-order valence-corrected chi connectivity index (χ4v) is 1.37. The molecule has 0 aromatic carbocycles. The van der Waals surface area contributed by atoms with E-state index in [0.717, 1.165) is 0 Å². The molecule has 1 N–H and O–H groups in total. The van der Waals surface area contributed by atoms with Gasteiger partial charge >= 0.3 is 0 Å². The van der Waals surface area contributed by atoms with E-state index in [2.05, 4.69) is 10.2 Å². The molecule has 5 nitrogen and oxygen atoms in total. The lowest BCUT2D eigenvalue weighted by Crippen LogP contribution is -2.25. The number of Topliss-reactive ketones (excluding diaryl/α,β-unsaturated/α-hetero) is 1. The van der Waals surface area contributed by atoms with Gasteiger partial charge in [-0.1, -0.05) is 0 Å². The Balaban J connectivity index is 2.55. The predicted octanol–water partition coefficient (Wildman–Crippen LogP) is 0.234. The zero-order chi connectivity index (χ0) is 10.3. The summed E-state index contributed by atoms with van der Waals surface area (Å²) in [6.07, 6.45) is 2.71. The molecule has 0 unspecified atom stereocenters. The first-order valence-electron chi connectivity index (χ1n) is 4.12. The highest BCUT2D eigenvalue weighted by atomic mass is 16.1. The fraction of sp³-hybridized carbons (Fsp3) is 0.222. The third-order valence-corrected chi connectivity index (χ3v) is 2.11. The third kappa shape index (κ3) is 1.06. The number of aromatic amines is 1. The standard InChI is InChI=1S/C9H9N3O2/c1-12(2)6-3-7(13)5-4-10-11-8(5)9(6)14/h3-4H,1-2H3,(H,10,11). The molecule has 72 valence electrons. The van der Waals surface area contributed by atoms with E-state index in [1.807, 2.05) is 0 Å². The van der Waals surface area contributed by atoms with Crippen molar-refractivity contribution in [2.45, 2.75) is 0 Å². The molecule has 0 atom stereocenters. The smallest absolute Gasteiger partial charge is 0.227 e. The SMILES string of the molecule is CN(C)C1=CC(=O)c2cn[nH]c2C1=O. The maximum absolute atomic E-state index is 11.7. The van der Waals surface area contributed by atoms with Crippen LogP contribution in [0, 0.1) is 0 Å². The molecule has 0 aliphatic heterocycles. The average molecular weight is 191 g/mol. The number of carbonyl (C=O) groups is 2. The number of fused-ring (bicyclic) bond motifs is 1. The molecule has 1 aliphatic carbocycles. The van der Waals surface area contributed by atoms with Crippen molar-refractivity contribution in [3.05, 3.63) is 29.2 Å². The molecule has 0 fully saturated rings. The topological polar surface area (TPSA) is 66.1 Å². The van der Waals surface area contributed by atoms with Gasteiger partial charge in [-0.05, 0) is 0 Å². The molecule has 0 bridgehead atoms. The maximum Gasteiger partial charge on any atom is 0.227 e. The molecular weight excluding hydrogens is 182 g/mol. The highest BCUT2D eigenvalue weighted by Gasteiger charge is 2.28. The second kappa shape index (κ2) is 2.80. The van der Waals surface area contributed by atoms with Gasteiger partial charge in [0.1, 0.15) is 5.69 Å². The Bertz CT molecular complexity index is 443. The molecule has 1 aliphatic rings. The summed E-state index contributed by atoms with van der Waals surface area (Å²) in [4.78, 5) is 24.8. The number of allylic oxidation sites excluding steroid dienone is 2. The molecule has 1 aromatic rings. The number of carbonyl (C=O) groups excluding carboxylic acids is 2. The molecule has 1 heterocycles. The van der Waals surface area contributed by atoms with Crippen LogP contribution >= 0.6 is 0 Å². The molecule has 0 saturated heterocycles. The number of H-pyrrole nitrogens is 1. The highest BCUT2D eigenvalue weighted by Crippen LogP contribution is 2.19. The van der Waals surface area contributed by atoms with Gasteiger partial charge in [0.15, 0.2) is 5.78 Å². The van der Waals surface area contributed by atoms with Crippen molar-refractivity contribution >= 4 is 11.6 Å². The molecule has 5 heteroatoms. The van der Waals surface area contributed by atoms with E-state index in [4.69, 9.17) is 0 Å². The summed E-state index contributed by atoms with van der Waals surface area (Å²) in [5.41, 5.74) is 1.01. The van der Waals surface area contributed by atoms with E-state index >= 15 is 0 Å². The Morgan fingerprint density at radius 3 is 2.71 bits per heavy atom. The Morgan fingerprint density at radius 1 is 1.36 bits per heavy atom.